The Kier molecular flexibility index (Phi) is 8.12. The van der Waals surface area contributed by atoms with Gasteiger partial charge in [-0.1, -0.05) is 24.3 Å². The average molecular weight is 492 g/mol. The predicted octanol–water partition coefficient (Wildman–Crippen LogP) is 3.16. The van der Waals surface area contributed by atoms with E-state index in [4.69, 9.17) is 4.74 Å². The van der Waals surface area contributed by atoms with E-state index in [-0.39, 0.29) is 18.4 Å². The fourth-order valence-corrected chi connectivity index (χ4v) is 4.38. The number of carbonyl (C=O) groups is 2. The summed E-state index contributed by atoms with van der Waals surface area (Å²) < 4.78 is 19.5. The Morgan fingerprint density at radius 1 is 1.06 bits per heavy atom. The molecule has 0 bridgehead atoms. The molecule has 2 amide bonds. The van der Waals surface area contributed by atoms with E-state index in [9.17, 15) is 14.0 Å². The third kappa shape index (κ3) is 5.98. The summed E-state index contributed by atoms with van der Waals surface area (Å²) in [6.45, 7) is 4.72. The van der Waals surface area contributed by atoms with Crippen molar-refractivity contribution >= 4 is 23.2 Å². The van der Waals surface area contributed by atoms with E-state index < -0.39 is 11.8 Å². The lowest BCUT2D eigenvalue weighted by atomic mass is 10.1. The lowest BCUT2D eigenvalue weighted by Gasteiger charge is -2.40. The summed E-state index contributed by atoms with van der Waals surface area (Å²) in [4.78, 5) is 33.7. The lowest BCUT2D eigenvalue weighted by molar-refractivity contribution is -0.136. The fourth-order valence-electron chi connectivity index (χ4n) is 4.38. The number of piperazine rings is 1. The zero-order chi connectivity index (χ0) is 25.5. The molecule has 2 N–H and O–H groups in total. The maximum atomic E-state index is 14.2. The lowest BCUT2D eigenvalue weighted by Crippen LogP contribution is -2.50. The number of halogens is 1. The van der Waals surface area contributed by atoms with Crippen LogP contribution >= 0.6 is 0 Å². The van der Waals surface area contributed by atoms with E-state index in [1.807, 2.05) is 36.1 Å². The van der Waals surface area contributed by atoms with Crippen molar-refractivity contribution in [2.75, 3.05) is 50.1 Å². The van der Waals surface area contributed by atoms with Crippen LogP contribution in [0, 0.1) is 12.7 Å². The summed E-state index contributed by atoms with van der Waals surface area (Å²) in [7, 11) is 1.50. The van der Waals surface area contributed by atoms with Crippen molar-refractivity contribution in [3.05, 3.63) is 83.9 Å². The highest BCUT2D eigenvalue weighted by Gasteiger charge is 2.27. The predicted molar refractivity (Wildman–Crippen MR) is 137 cm³/mol. The molecule has 1 aliphatic heterocycles. The second kappa shape index (κ2) is 11.6. The maximum absolute atomic E-state index is 14.2. The van der Waals surface area contributed by atoms with Gasteiger partial charge in [-0.05, 0) is 48.4 Å². The average Bonchev–Trinajstić information content (AvgIpc) is 2.90. The van der Waals surface area contributed by atoms with Gasteiger partial charge in [-0.2, -0.15) is 0 Å². The number of pyridine rings is 1. The number of carbonyl (C=O) groups excluding carboxylic acids is 2. The zero-order valence-electron chi connectivity index (χ0n) is 20.4. The molecule has 9 heteroatoms. The Morgan fingerprint density at radius 3 is 2.53 bits per heavy atom. The minimum absolute atomic E-state index is 0.188. The molecule has 1 atom stereocenters. The molecule has 0 aliphatic carbocycles. The monoisotopic (exact) mass is 491 g/mol. The molecule has 2 heterocycles. The number of rotatable bonds is 7. The van der Waals surface area contributed by atoms with Gasteiger partial charge in [0.2, 0.25) is 0 Å². The Bertz CT molecular complexity index is 1200. The van der Waals surface area contributed by atoms with E-state index in [1.54, 1.807) is 36.7 Å². The summed E-state index contributed by atoms with van der Waals surface area (Å²) in [5.74, 6) is -1.27. The minimum atomic E-state index is -0.770. The summed E-state index contributed by atoms with van der Waals surface area (Å²) in [6.07, 6.45) is 3.45. The molecule has 3 aromatic rings. The van der Waals surface area contributed by atoms with Gasteiger partial charge in [-0.15, -0.1) is 0 Å². The SMILES string of the molecule is COc1ccc(C)cc1NC(=O)C(=O)NC[C@@H](c1cccnc1)N1CCN(c2ccccc2F)CC1. The van der Waals surface area contributed by atoms with Crippen molar-refractivity contribution in [2.45, 2.75) is 13.0 Å². The van der Waals surface area contributed by atoms with Gasteiger partial charge in [0.25, 0.3) is 0 Å². The Labute approximate surface area is 210 Å². The fraction of sp³-hybridized carbons (Fsp3) is 0.296. The van der Waals surface area contributed by atoms with Crippen molar-refractivity contribution in [3.63, 3.8) is 0 Å². The molecule has 1 fully saturated rings. The van der Waals surface area contributed by atoms with Crippen molar-refractivity contribution in [2.24, 2.45) is 0 Å². The number of hydrogen-bond donors (Lipinski definition) is 2. The van der Waals surface area contributed by atoms with Gasteiger partial charge >= 0.3 is 11.8 Å². The molecule has 1 aliphatic rings. The van der Waals surface area contributed by atoms with Gasteiger partial charge in [-0.3, -0.25) is 19.5 Å². The smallest absolute Gasteiger partial charge is 0.313 e. The maximum Gasteiger partial charge on any atom is 0.313 e. The Hall–Kier alpha value is -3.98. The van der Waals surface area contributed by atoms with Crippen LogP contribution in [0.25, 0.3) is 0 Å². The second-order valence-electron chi connectivity index (χ2n) is 8.64. The molecule has 0 radical (unpaired) electrons. The molecule has 0 unspecified atom stereocenters. The second-order valence-corrected chi connectivity index (χ2v) is 8.64. The molecule has 0 saturated carbocycles. The van der Waals surface area contributed by atoms with Crippen LogP contribution in [0.4, 0.5) is 15.8 Å². The number of para-hydroxylation sites is 1. The number of nitrogens with one attached hydrogen (secondary N) is 2. The van der Waals surface area contributed by atoms with E-state index >= 15 is 0 Å². The summed E-state index contributed by atoms with van der Waals surface area (Å²) in [6, 6.07) is 15.7. The summed E-state index contributed by atoms with van der Waals surface area (Å²) in [5, 5.41) is 5.40. The van der Waals surface area contributed by atoms with Crippen molar-refractivity contribution in [1.82, 2.24) is 15.2 Å². The van der Waals surface area contributed by atoms with Gasteiger partial charge in [-0.25, -0.2) is 4.39 Å². The molecular weight excluding hydrogens is 461 g/mol. The number of methoxy groups -OCH3 is 1. The van der Waals surface area contributed by atoms with E-state index in [0.717, 1.165) is 11.1 Å². The normalized spacial score (nSPS) is 14.7. The number of benzene rings is 2. The third-order valence-corrected chi connectivity index (χ3v) is 6.28. The van der Waals surface area contributed by atoms with Crippen LogP contribution in [-0.2, 0) is 9.59 Å². The van der Waals surface area contributed by atoms with E-state index in [1.165, 1.54) is 13.2 Å². The molecular formula is C27H30FN5O3. The van der Waals surface area contributed by atoms with Crippen molar-refractivity contribution in [3.8, 4) is 5.75 Å². The van der Waals surface area contributed by atoms with Gasteiger partial charge < -0.3 is 20.3 Å². The first-order valence-corrected chi connectivity index (χ1v) is 11.8. The molecule has 1 aromatic heterocycles. The number of anilines is 2. The van der Waals surface area contributed by atoms with E-state index in [2.05, 4.69) is 20.5 Å². The van der Waals surface area contributed by atoms with Crippen LogP contribution in [0.15, 0.2) is 67.0 Å². The number of hydrogen-bond acceptors (Lipinski definition) is 6. The Morgan fingerprint density at radius 2 is 1.83 bits per heavy atom. The number of aromatic nitrogens is 1. The van der Waals surface area contributed by atoms with Gasteiger partial charge in [0.05, 0.1) is 24.5 Å². The first-order chi connectivity index (χ1) is 17.5. The quantitative estimate of drug-likeness (QED) is 0.494. The first kappa shape index (κ1) is 25.1. The Balaban J connectivity index is 1.41. The van der Waals surface area contributed by atoms with Crippen LogP contribution < -0.4 is 20.3 Å². The van der Waals surface area contributed by atoms with Crippen LogP contribution in [0.2, 0.25) is 0 Å². The van der Waals surface area contributed by atoms with Gasteiger partial charge in [0.15, 0.2) is 0 Å². The number of aryl methyl sites for hydroxylation is 1. The summed E-state index contributed by atoms with van der Waals surface area (Å²) >= 11 is 0. The van der Waals surface area contributed by atoms with Crippen LogP contribution in [0.1, 0.15) is 17.2 Å². The highest BCUT2D eigenvalue weighted by Crippen LogP contribution is 2.26. The minimum Gasteiger partial charge on any atom is -0.495 e. The highest BCUT2D eigenvalue weighted by molar-refractivity contribution is 6.39. The largest absolute Gasteiger partial charge is 0.495 e. The molecule has 188 valence electrons. The number of ether oxygens (including phenoxy) is 1. The number of nitrogens with zero attached hydrogens (tertiary/aromatic N) is 3. The third-order valence-electron chi connectivity index (χ3n) is 6.28. The summed E-state index contributed by atoms with van der Waals surface area (Å²) in [5.41, 5.74) is 2.88. The topological polar surface area (TPSA) is 86.8 Å². The van der Waals surface area contributed by atoms with Crippen molar-refractivity contribution < 1.29 is 18.7 Å². The highest BCUT2D eigenvalue weighted by atomic mass is 19.1. The van der Waals surface area contributed by atoms with Gasteiger partial charge in [0.1, 0.15) is 11.6 Å². The van der Waals surface area contributed by atoms with Crippen LogP contribution in [0.3, 0.4) is 0 Å². The molecule has 8 nitrogen and oxygen atoms in total. The molecule has 36 heavy (non-hydrogen) atoms. The number of amides is 2. The van der Waals surface area contributed by atoms with Crippen LogP contribution in [-0.4, -0.2) is 61.5 Å². The zero-order valence-corrected chi connectivity index (χ0v) is 20.4. The molecule has 1 saturated heterocycles. The van der Waals surface area contributed by atoms with Crippen LogP contribution in [0.5, 0.6) is 5.75 Å². The molecule has 4 rings (SSSR count). The molecule has 0 spiro atoms. The van der Waals surface area contributed by atoms with Gasteiger partial charge in [0, 0.05) is 45.1 Å². The standard InChI is InChI=1S/C27H30FN5O3/c1-19-9-10-25(36-2)22(16-19)31-27(35)26(34)30-18-24(20-6-5-11-29-17-20)33-14-12-32(13-15-33)23-8-4-3-7-21(23)28/h3-11,16-17,24H,12-15,18H2,1-2H3,(H,30,34)(H,31,35)/t24-/m0/s1. The molecule has 2 aromatic carbocycles. The first-order valence-electron chi connectivity index (χ1n) is 11.8. The van der Waals surface area contributed by atoms with E-state index in [0.29, 0.717) is 43.3 Å². The van der Waals surface area contributed by atoms with Crippen molar-refractivity contribution in [1.29, 1.82) is 0 Å².